The maximum absolute atomic E-state index is 10.1. The Morgan fingerprint density at radius 2 is 2.13 bits per heavy atom. The van der Waals surface area contributed by atoms with E-state index in [1.165, 1.54) is 0 Å². The molecule has 0 bridgehead atoms. The van der Waals surface area contributed by atoms with Crippen molar-refractivity contribution < 1.29 is 19.3 Å². The summed E-state index contributed by atoms with van der Waals surface area (Å²) in [5.74, 6) is 2.74. The van der Waals surface area contributed by atoms with Crippen LogP contribution in [-0.2, 0) is 6.42 Å². The van der Waals surface area contributed by atoms with Gasteiger partial charge in [0.15, 0.2) is 0 Å². The predicted molar refractivity (Wildman–Crippen MR) is 86.6 cm³/mol. The summed E-state index contributed by atoms with van der Waals surface area (Å²) in [6, 6.07) is 9.49. The van der Waals surface area contributed by atoms with Gasteiger partial charge in [-0.25, -0.2) is 0 Å². The molecule has 118 valence electrons. The lowest BCUT2D eigenvalue weighted by atomic mass is 9.88. The highest BCUT2D eigenvalue weighted by Gasteiger charge is 2.41. The molecule has 2 aliphatic rings. The number of allylic oxidation sites excluding steroid dienone is 1. The van der Waals surface area contributed by atoms with E-state index < -0.39 is 0 Å². The Hall–Kier alpha value is -2.62. The van der Waals surface area contributed by atoms with E-state index in [1.54, 1.807) is 19.3 Å². The van der Waals surface area contributed by atoms with Gasteiger partial charge < -0.3 is 19.3 Å². The normalized spacial score (nSPS) is 20.6. The first-order valence-corrected chi connectivity index (χ1v) is 7.66. The standard InChI is InChI=1S/C19H18O4/c1-3-4-13-16(20)8-7-14-18(13)22-10-15-12-6-5-11(21-2)9-17(12)23-19(14)15/h3,5-9,15,19-20H,1,4,10H2,2H3/t15-,19-/m1/s1. The van der Waals surface area contributed by atoms with Gasteiger partial charge in [0, 0.05) is 22.8 Å². The summed E-state index contributed by atoms with van der Waals surface area (Å²) >= 11 is 0. The molecule has 0 amide bonds. The number of rotatable bonds is 3. The highest BCUT2D eigenvalue weighted by Crippen LogP contribution is 2.53. The maximum atomic E-state index is 10.1. The minimum absolute atomic E-state index is 0.0926. The summed E-state index contributed by atoms with van der Waals surface area (Å²) in [7, 11) is 1.65. The number of methoxy groups -OCH3 is 1. The first-order chi connectivity index (χ1) is 11.2. The summed E-state index contributed by atoms with van der Waals surface area (Å²) in [6.45, 7) is 4.28. The third-order valence-corrected chi connectivity index (χ3v) is 4.57. The number of ether oxygens (including phenoxy) is 3. The van der Waals surface area contributed by atoms with Gasteiger partial charge in [-0.1, -0.05) is 12.1 Å². The van der Waals surface area contributed by atoms with Gasteiger partial charge in [-0.2, -0.15) is 0 Å². The molecule has 0 spiro atoms. The molecule has 2 aliphatic heterocycles. The fraction of sp³-hybridized carbons (Fsp3) is 0.263. The maximum Gasteiger partial charge on any atom is 0.138 e. The zero-order valence-corrected chi connectivity index (χ0v) is 12.9. The second-order valence-corrected chi connectivity index (χ2v) is 5.83. The van der Waals surface area contributed by atoms with Gasteiger partial charge in [0.2, 0.25) is 0 Å². The third-order valence-electron chi connectivity index (χ3n) is 4.57. The molecule has 0 saturated carbocycles. The third kappa shape index (κ3) is 2.05. The van der Waals surface area contributed by atoms with E-state index in [9.17, 15) is 5.11 Å². The van der Waals surface area contributed by atoms with Crippen LogP contribution >= 0.6 is 0 Å². The predicted octanol–water partition coefficient (Wildman–Crippen LogP) is 3.74. The lowest BCUT2D eigenvalue weighted by molar-refractivity contribution is 0.138. The summed E-state index contributed by atoms with van der Waals surface area (Å²) < 4.78 is 17.5. The molecule has 0 aliphatic carbocycles. The van der Waals surface area contributed by atoms with Gasteiger partial charge in [0.1, 0.15) is 29.1 Å². The molecule has 4 rings (SSSR count). The van der Waals surface area contributed by atoms with Gasteiger partial charge in [0.05, 0.1) is 19.6 Å². The Labute approximate surface area is 134 Å². The molecule has 2 heterocycles. The Bertz CT molecular complexity index is 781. The van der Waals surface area contributed by atoms with Crippen molar-refractivity contribution in [2.75, 3.05) is 13.7 Å². The number of hydrogen-bond acceptors (Lipinski definition) is 4. The molecule has 4 heteroatoms. The van der Waals surface area contributed by atoms with Crippen LogP contribution in [0.25, 0.3) is 0 Å². The minimum Gasteiger partial charge on any atom is -0.508 e. The van der Waals surface area contributed by atoms with E-state index in [-0.39, 0.29) is 17.8 Å². The van der Waals surface area contributed by atoms with Crippen molar-refractivity contribution in [1.29, 1.82) is 0 Å². The summed E-state index contributed by atoms with van der Waals surface area (Å²) in [5, 5.41) is 10.1. The SMILES string of the molecule is C=CCc1c(O)ccc2c1OC[C@@H]1c3ccc(OC)cc3O[C@H]21. The molecule has 2 atom stereocenters. The van der Waals surface area contributed by atoms with Crippen molar-refractivity contribution in [2.24, 2.45) is 0 Å². The number of fused-ring (bicyclic) bond motifs is 5. The van der Waals surface area contributed by atoms with E-state index in [1.807, 2.05) is 24.3 Å². The average Bonchev–Trinajstić information content (AvgIpc) is 2.95. The van der Waals surface area contributed by atoms with Crippen molar-refractivity contribution in [1.82, 2.24) is 0 Å². The number of hydrogen-bond donors (Lipinski definition) is 1. The number of phenolic OH excluding ortho intramolecular Hbond substituents is 1. The first-order valence-electron chi connectivity index (χ1n) is 7.66. The highest BCUT2D eigenvalue weighted by atomic mass is 16.5. The van der Waals surface area contributed by atoms with Crippen molar-refractivity contribution in [3.63, 3.8) is 0 Å². The van der Waals surface area contributed by atoms with Gasteiger partial charge in [0.25, 0.3) is 0 Å². The molecule has 0 fully saturated rings. The van der Waals surface area contributed by atoms with Crippen LogP contribution in [0.1, 0.15) is 28.7 Å². The fourth-order valence-electron chi connectivity index (χ4n) is 3.43. The zero-order valence-electron chi connectivity index (χ0n) is 12.9. The first kappa shape index (κ1) is 14.0. The van der Waals surface area contributed by atoms with Crippen LogP contribution in [0.2, 0.25) is 0 Å². The Morgan fingerprint density at radius 1 is 1.30 bits per heavy atom. The Morgan fingerprint density at radius 3 is 2.91 bits per heavy atom. The molecular weight excluding hydrogens is 292 g/mol. The van der Waals surface area contributed by atoms with Crippen molar-refractivity contribution >= 4 is 0 Å². The zero-order chi connectivity index (χ0) is 16.0. The average molecular weight is 310 g/mol. The molecule has 0 saturated heterocycles. The second-order valence-electron chi connectivity index (χ2n) is 5.83. The quantitative estimate of drug-likeness (QED) is 0.877. The van der Waals surface area contributed by atoms with Crippen molar-refractivity contribution in [2.45, 2.75) is 18.4 Å². The highest BCUT2D eigenvalue weighted by molar-refractivity contribution is 5.56. The van der Waals surface area contributed by atoms with Crippen LogP contribution in [0.3, 0.4) is 0 Å². The van der Waals surface area contributed by atoms with Crippen LogP contribution in [0.15, 0.2) is 43.0 Å². The van der Waals surface area contributed by atoms with Crippen LogP contribution in [-0.4, -0.2) is 18.8 Å². The van der Waals surface area contributed by atoms with Gasteiger partial charge >= 0.3 is 0 Å². The van der Waals surface area contributed by atoms with Gasteiger partial charge in [-0.3, -0.25) is 0 Å². The lowest BCUT2D eigenvalue weighted by Crippen LogP contribution is -2.24. The molecule has 4 nitrogen and oxygen atoms in total. The second kappa shape index (κ2) is 5.23. The summed E-state index contributed by atoms with van der Waals surface area (Å²) in [6.07, 6.45) is 2.23. The molecule has 0 aromatic heterocycles. The summed E-state index contributed by atoms with van der Waals surface area (Å²) in [5.41, 5.74) is 2.89. The topological polar surface area (TPSA) is 47.9 Å². The van der Waals surface area contributed by atoms with E-state index >= 15 is 0 Å². The molecule has 1 N–H and O–H groups in total. The van der Waals surface area contributed by atoms with Gasteiger partial charge in [-0.15, -0.1) is 6.58 Å². The largest absolute Gasteiger partial charge is 0.508 e. The van der Waals surface area contributed by atoms with Crippen LogP contribution in [0, 0.1) is 0 Å². The summed E-state index contributed by atoms with van der Waals surface area (Å²) in [4.78, 5) is 0. The number of benzene rings is 2. The van der Waals surface area contributed by atoms with Crippen molar-refractivity contribution in [3.05, 3.63) is 59.7 Å². The molecule has 2 aromatic carbocycles. The number of phenols is 1. The fourth-order valence-corrected chi connectivity index (χ4v) is 3.43. The lowest BCUT2D eigenvalue weighted by Gasteiger charge is -2.29. The van der Waals surface area contributed by atoms with Gasteiger partial charge in [-0.05, 0) is 24.6 Å². The van der Waals surface area contributed by atoms with Crippen LogP contribution < -0.4 is 14.2 Å². The Balaban J connectivity index is 1.78. The minimum atomic E-state index is -0.0926. The monoisotopic (exact) mass is 310 g/mol. The molecule has 0 radical (unpaired) electrons. The van der Waals surface area contributed by atoms with Crippen LogP contribution in [0.5, 0.6) is 23.0 Å². The van der Waals surface area contributed by atoms with E-state index in [0.29, 0.717) is 13.0 Å². The van der Waals surface area contributed by atoms with E-state index in [4.69, 9.17) is 14.2 Å². The van der Waals surface area contributed by atoms with Crippen LogP contribution in [0.4, 0.5) is 0 Å². The molecule has 0 unspecified atom stereocenters. The van der Waals surface area contributed by atoms with E-state index in [0.717, 1.165) is 33.9 Å². The molecule has 23 heavy (non-hydrogen) atoms. The van der Waals surface area contributed by atoms with E-state index in [2.05, 4.69) is 6.58 Å². The molecule has 2 aromatic rings. The number of aromatic hydroxyl groups is 1. The Kier molecular flexibility index (Phi) is 3.18. The molecular formula is C19H18O4. The smallest absolute Gasteiger partial charge is 0.138 e. The van der Waals surface area contributed by atoms with Crippen molar-refractivity contribution in [3.8, 4) is 23.0 Å².